The Morgan fingerprint density at radius 2 is 0.811 bits per heavy atom. The van der Waals surface area contributed by atoms with Gasteiger partial charge in [-0.1, -0.05) is 226 Å². The second-order valence-electron chi connectivity index (χ2n) is 20.7. The standard InChI is InChI=1S/C27H26NO2.C18H19N.C18H20O2.C9H8NO.I3.I2.K.2H2O.2Y/c1-5-18(2)14-21-6-8-22(9-7-21)23-10-12-24(13-11-23)27(29)30-26-16-19(3)25(17-28)15-20(26)4;1-3-14(2)12-15-4-8-17(9-5-15)18-10-6-16(13-19)7-11-18;1-3-13(2)12-14-4-6-15(7-5-14)16-8-10-17(11-9-16)18(19)20;1-6-4-9(11)7(2)3-8(6)5-10;1-3-2;1-2;;;;;/h6-13,16,18H,5,14H2,1-4H3;4-11,14H,3,12H2,1-2H3;4-11,13H,3,12H2,1-2H3,(H,19,20);4,11H,1-2H3;;;;2*1H2;;/q-1;;;2*-1;;+1;;;;/p-1. The molecule has 2 radical (unpaired) electrons. The van der Waals surface area contributed by atoms with Crippen molar-refractivity contribution in [2.45, 2.75) is 108 Å². The molecule has 0 saturated heterocycles. The molecular weight excluding hydrogens is 1870 g/mol. The summed E-state index contributed by atoms with van der Waals surface area (Å²) in [5.74, 6) is 1.43. The molecule has 3 atom stereocenters. The monoisotopic (exact) mass is 1950 g/mol. The van der Waals surface area contributed by atoms with Gasteiger partial charge < -0.3 is 25.9 Å². The number of rotatable bonds is 15. The fourth-order valence-electron chi connectivity index (χ4n) is 8.44. The number of phenols is 1. The van der Waals surface area contributed by atoms with Gasteiger partial charge in [0.2, 0.25) is 0 Å². The number of carboxylic acids is 1. The van der Waals surface area contributed by atoms with E-state index in [2.05, 4.69) is 213 Å². The molecule has 8 aromatic rings. The molecule has 8 rings (SSSR count). The van der Waals surface area contributed by atoms with E-state index in [9.17, 15) is 14.7 Å². The van der Waals surface area contributed by atoms with E-state index in [1.807, 2.05) is 54.6 Å². The summed E-state index contributed by atoms with van der Waals surface area (Å²) < 4.78 is 5.54. The van der Waals surface area contributed by atoms with Crippen molar-refractivity contribution >= 4 is 86.4 Å². The second kappa shape index (κ2) is 51.6. The summed E-state index contributed by atoms with van der Waals surface area (Å²) in [5.41, 5.74) is 16.0. The van der Waals surface area contributed by atoms with Crippen LogP contribution < -0.4 is 69.4 Å². The molecule has 0 amide bonds. The third-order valence-corrected chi connectivity index (χ3v) is 14.3. The smallest absolute Gasteiger partial charge is 0.870 e. The Balaban J connectivity index is -0.00000112. The van der Waals surface area contributed by atoms with Crippen molar-refractivity contribution in [2.75, 3.05) is 0 Å². The van der Waals surface area contributed by atoms with E-state index in [0.717, 1.165) is 64.1 Å². The number of hydrogen-bond acceptors (Lipinski definition) is 8. The first kappa shape index (κ1) is 92.6. The fourth-order valence-corrected chi connectivity index (χ4v) is 8.44. The number of carboxylic acid groups (broad SMARTS) is 1. The van der Waals surface area contributed by atoms with Crippen LogP contribution in [-0.4, -0.2) is 33.1 Å². The van der Waals surface area contributed by atoms with Crippen molar-refractivity contribution in [3.8, 4) is 63.1 Å². The van der Waals surface area contributed by atoms with Gasteiger partial charge in [-0.25, -0.2) is 9.59 Å². The van der Waals surface area contributed by atoms with Gasteiger partial charge in [-0.2, -0.15) is 5.26 Å². The zero-order valence-corrected chi connectivity index (χ0v) is 72.5. The number of aryl methyl sites for hydroxylation is 4. The predicted molar refractivity (Wildman–Crippen MR) is 384 cm³/mol. The molecule has 0 aliphatic heterocycles. The first-order valence-corrected chi connectivity index (χ1v) is 46.7. The Labute approximate surface area is 681 Å². The van der Waals surface area contributed by atoms with Crippen LogP contribution in [0.15, 0.2) is 158 Å². The minimum Gasteiger partial charge on any atom is -0.870 e. The molecule has 466 valence electrons. The minimum absolute atomic E-state index is 0. The van der Waals surface area contributed by atoms with E-state index in [-0.39, 0.29) is 134 Å². The predicted octanol–water partition coefficient (Wildman–Crippen LogP) is 14.1. The maximum Gasteiger partial charge on any atom is 1.00 e. The average Bonchev–Trinajstić information content (AvgIpc) is 1.15. The van der Waals surface area contributed by atoms with Gasteiger partial charge in [0.25, 0.3) is 0 Å². The Kier molecular flexibility index (Phi) is 53.1. The molecule has 0 saturated carbocycles. The summed E-state index contributed by atoms with van der Waals surface area (Å²) in [7, 11) is 0. The normalized spacial score (nSPS) is 10.5. The fraction of sp³-hybridized carbons (Fsp3) is 0.264. The number of benzene rings is 8. The molecule has 0 fully saturated rings. The van der Waals surface area contributed by atoms with E-state index in [0.29, 0.717) is 69.8 Å². The van der Waals surface area contributed by atoms with Crippen LogP contribution in [-0.2, 0) is 84.7 Å². The second-order valence-corrected chi connectivity index (χ2v) is 37.0. The van der Waals surface area contributed by atoms with E-state index in [1.165, 1.54) is 41.5 Å². The number of aromatic carboxylic acids is 1. The van der Waals surface area contributed by atoms with Gasteiger partial charge in [-0.05, 0) is 136 Å². The zero-order chi connectivity index (χ0) is 63.0. The maximum absolute atomic E-state index is 12.6. The topological polar surface area (TPSA) is 217 Å². The first-order valence-electron chi connectivity index (χ1n) is 27.8. The van der Waals surface area contributed by atoms with Crippen molar-refractivity contribution in [3.05, 3.63) is 237 Å². The summed E-state index contributed by atoms with van der Waals surface area (Å²) in [6.45, 7) is 20.5. The Bertz CT molecular complexity index is 3490. The molecule has 5 N–H and O–H groups in total. The molecule has 3 unspecified atom stereocenters. The molecular formula is C72H76I5KN3O7Y2-3. The Morgan fingerprint density at radius 3 is 1.11 bits per heavy atom. The van der Waals surface area contributed by atoms with Crippen molar-refractivity contribution in [3.63, 3.8) is 0 Å². The molecule has 0 bridgehead atoms. The van der Waals surface area contributed by atoms with Gasteiger partial charge in [0, 0.05) is 108 Å². The maximum atomic E-state index is 12.6. The van der Waals surface area contributed by atoms with Gasteiger partial charge >= 0.3 is 114 Å². The number of esters is 1. The number of aromatic hydroxyl groups is 1. The van der Waals surface area contributed by atoms with E-state index < -0.39 is 11.9 Å². The number of phenolic OH excluding ortho intramolecular Hbond substituents is 1. The molecule has 0 heterocycles. The SMILES string of the molecule is CCC(C)Cc1ccc(-c2ccc(C#N)cc2)cc1.CCC(C)Cc1ccc(-c2ccc(C(=O)O)cc2)cc1.CCC(C)Cc1ccc(-c2ccc(C(=O)Oc3cc(C)c(C#N)[c-]c3C)cc2)cc1.Cc1[c-]c(C#N)c(C)cc1O.II.I[I-]I.O.[K+].[OH-].[Y].[Y]. The molecule has 0 aliphatic carbocycles. The van der Waals surface area contributed by atoms with Gasteiger partial charge in [-0.3, -0.25) is 10.5 Å². The number of ether oxygens (including phenoxy) is 1. The zero-order valence-electron chi connectivity index (χ0n) is 52.9. The molecule has 18 heteroatoms. The van der Waals surface area contributed by atoms with Crippen molar-refractivity contribution in [1.82, 2.24) is 0 Å². The summed E-state index contributed by atoms with van der Waals surface area (Å²) in [4.78, 5) is 23.4. The summed E-state index contributed by atoms with van der Waals surface area (Å²) in [6, 6.07) is 63.3. The molecule has 90 heavy (non-hydrogen) atoms. The van der Waals surface area contributed by atoms with E-state index in [1.54, 1.807) is 64.1 Å². The Morgan fingerprint density at radius 1 is 0.522 bits per heavy atom. The molecule has 0 aromatic heterocycles. The van der Waals surface area contributed by atoms with Crippen LogP contribution in [0.1, 0.15) is 137 Å². The number of hydrogen-bond donors (Lipinski definition) is 2. The van der Waals surface area contributed by atoms with Crippen LogP contribution in [0, 0.1) is 91.6 Å². The number of nitrogens with zero attached hydrogens (tertiary/aromatic N) is 3. The largest absolute Gasteiger partial charge is 1.00 e. The summed E-state index contributed by atoms with van der Waals surface area (Å²) >= 11 is 9.54. The van der Waals surface area contributed by atoms with Gasteiger partial charge in [0.15, 0.2) is 0 Å². The third kappa shape index (κ3) is 32.9. The molecule has 10 nitrogen and oxygen atoms in total. The first-order chi connectivity index (χ1) is 40.8. The van der Waals surface area contributed by atoms with Gasteiger partial charge in [-0.15, -0.1) is 29.3 Å². The Hall–Kier alpha value is -1.62. The number of halogens is 5. The molecule has 8 aromatic carbocycles. The number of carbonyl (C=O) groups excluding carboxylic acids is 1. The number of nitriles is 3. The van der Waals surface area contributed by atoms with Crippen LogP contribution >= 0.6 is 74.5 Å². The summed E-state index contributed by atoms with van der Waals surface area (Å²) in [6.07, 6.45) is 6.93. The van der Waals surface area contributed by atoms with E-state index in [4.69, 9.17) is 25.6 Å². The molecule has 0 spiro atoms. The van der Waals surface area contributed by atoms with Crippen LogP contribution in [0.25, 0.3) is 33.4 Å². The third-order valence-electron chi connectivity index (χ3n) is 14.3. The molecule has 0 aliphatic rings. The van der Waals surface area contributed by atoms with Gasteiger partial charge in [0.1, 0.15) is 0 Å². The van der Waals surface area contributed by atoms with Crippen LogP contribution in [0.4, 0.5) is 0 Å². The van der Waals surface area contributed by atoms with Gasteiger partial charge in [0.05, 0.1) is 28.5 Å². The quantitative estimate of drug-likeness (QED) is 0.0328. The van der Waals surface area contributed by atoms with Crippen molar-refractivity contribution in [1.29, 1.82) is 15.8 Å². The van der Waals surface area contributed by atoms with E-state index >= 15 is 0 Å². The van der Waals surface area contributed by atoms with Crippen molar-refractivity contribution < 1.29 is 166 Å². The average molecular weight is 1950 g/mol. The van der Waals surface area contributed by atoms with Crippen LogP contribution in [0.2, 0.25) is 0 Å². The van der Waals surface area contributed by atoms with Crippen molar-refractivity contribution in [2.24, 2.45) is 17.8 Å². The van der Waals surface area contributed by atoms with Crippen LogP contribution in [0.5, 0.6) is 11.5 Å². The number of carbonyl (C=O) groups is 2. The minimum atomic E-state index is -0.888. The summed E-state index contributed by atoms with van der Waals surface area (Å²) in [5, 5.41) is 44.5. The van der Waals surface area contributed by atoms with Crippen LogP contribution in [0.3, 0.4) is 0 Å².